The van der Waals surface area contributed by atoms with E-state index < -0.39 is 5.56 Å². The molecule has 0 radical (unpaired) electrons. The molecule has 0 bridgehead atoms. The first kappa shape index (κ1) is 18.6. The summed E-state index contributed by atoms with van der Waals surface area (Å²) in [7, 11) is 0. The highest BCUT2D eigenvalue weighted by molar-refractivity contribution is 6.02. The van der Waals surface area contributed by atoms with Crippen molar-refractivity contribution in [2.24, 2.45) is 5.41 Å². The van der Waals surface area contributed by atoms with Gasteiger partial charge in [-0.05, 0) is 23.5 Å². The Bertz CT molecular complexity index is 978. The lowest BCUT2D eigenvalue weighted by molar-refractivity contribution is 0.0701. The van der Waals surface area contributed by atoms with Gasteiger partial charge in [-0.3, -0.25) is 14.4 Å². The van der Waals surface area contributed by atoms with Crippen LogP contribution in [-0.2, 0) is 6.42 Å². The predicted octanol–water partition coefficient (Wildman–Crippen LogP) is 2.32. The maximum atomic E-state index is 13.1. The van der Waals surface area contributed by atoms with E-state index in [-0.39, 0.29) is 28.7 Å². The summed E-state index contributed by atoms with van der Waals surface area (Å²) in [6, 6.07) is 11.5. The van der Waals surface area contributed by atoms with E-state index in [0.717, 1.165) is 5.56 Å². The van der Waals surface area contributed by atoms with Crippen LogP contribution in [0.3, 0.4) is 0 Å². The summed E-state index contributed by atoms with van der Waals surface area (Å²) in [5.74, 6) is -0.330. The Kier molecular flexibility index (Phi) is 4.67. The van der Waals surface area contributed by atoms with E-state index in [1.54, 1.807) is 4.90 Å². The van der Waals surface area contributed by atoms with Gasteiger partial charge in [0, 0.05) is 43.4 Å². The van der Waals surface area contributed by atoms with Crippen LogP contribution in [0.2, 0.25) is 0 Å². The van der Waals surface area contributed by atoms with Crippen LogP contribution < -0.4 is 10.9 Å². The number of rotatable bonds is 2. The van der Waals surface area contributed by atoms with Crippen LogP contribution in [0.5, 0.6) is 0 Å². The molecule has 6 heteroatoms. The number of pyridine rings is 1. The Labute approximate surface area is 164 Å². The summed E-state index contributed by atoms with van der Waals surface area (Å²) >= 11 is 0. The summed E-state index contributed by atoms with van der Waals surface area (Å²) in [6.07, 6.45) is 1.05. The molecule has 1 aliphatic heterocycles. The third-order valence-corrected chi connectivity index (χ3v) is 5.61. The van der Waals surface area contributed by atoms with Gasteiger partial charge in [-0.15, -0.1) is 0 Å². The molecule has 1 amide bonds. The van der Waals surface area contributed by atoms with Crippen molar-refractivity contribution in [3.05, 3.63) is 69.1 Å². The summed E-state index contributed by atoms with van der Waals surface area (Å²) in [5.41, 5.74) is 1.70. The van der Waals surface area contributed by atoms with Crippen LogP contribution in [0.4, 0.5) is 0 Å². The van der Waals surface area contributed by atoms with E-state index in [1.165, 1.54) is 6.07 Å². The maximum absolute atomic E-state index is 13.1. The Morgan fingerprint density at radius 1 is 1.14 bits per heavy atom. The molecule has 0 spiro atoms. The fourth-order valence-corrected chi connectivity index (χ4v) is 4.20. The topological polar surface area (TPSA) is 82.3 Å². The van der Waals surface area contributed by atoms with E-state index in [1.807, 2.05) is 44.2 Å². The summed E-state index contributed by atoms with van der Waals surface area (Å²) in [5, 5.41) is 3.42. The van der Waals surface area contributed by atoms with Crippen molar-refractivity contribution >= 4 is 11.7 Å². The number of ketones is 1. The number of nitrogens with one attached hydrogen (secondary N) is 2. The normalized spacial score (nSPS) is 21.3. The summed E-state index contributed by atoms with van der Waals surface area (Å²) in [4.78, 5) is 42.7. The molecular formula is C22H25N3O3. The number of nitrogens with zero attached hydrogens (tertiary/aromatic N) is 1. The Morgan fingerprint density at radius 2 is 1.89 bits per heavy atom. The molecule has 28 heavy (non-hydrogen) atoms. The fourth-order valence-electron chi connectivity index (χ4n) is 4.20. The minimum atomic E-state index is -0.413. The van der Waals surface area contributed by atoms with Gasteiger partial charge in [0.1, 0.15) is 5.56 Å². The second-order valence-electron chi connectivity index (χ2n) is 8.51. The molecule has 6 nitrogen and oxygen atoms in total. The molecule has 1 aliphatic carbocycles. The summed E-state index contributed by atoms with van der Waals surface area (Å²) in [6.45, 7) is 5.69. The average molecular weight is 379 g/mol. The number of amides is 1. The number of fused-ring (bicyclic) bond motifs is 1. The molecule has 1 unspecified atom stereocenters. The molecule has 1 aromatic heterocycles. The smallest absolute Gasteiger partial charge is 0.261 e. The molecule has 2 heterocycles. The first-order valence-corrected chi connectivity index (χ1v) is 9.71. The molecule has 1 saturated heterocycles. The van der Waals surface area contributed by atoms with Crippen molar-refractivity contribution in [1.82, 2.24) is 15.2 Å². The number of H-pyrrole nitrogens is 1. The van der Waals surface area contributed by atoms with Crippen LogP contribution >= 0.6 is 0 Å². The highest BCUT2D eigenvalue weighted by atomic mass is 16.2. The molecular weight excluding hydrogens is 354 g/mol. The highest BCUT2D eigenvalue weighted by Gasteiger charge is 2.34. The Hall–Kier alpha value is -2.73. The molecule has 1 aromatic carbocycles. The van der Waals surface area contributed by atoms with Gasteiger partial charge < -0.3 is 15.2 Å². The van der Waals surface area contributed by atoms with Crippen LogP contribution in [0, 0.1) is 5.41 Å². The van der Waals surface area contributed by atoms with E-state index in [4.69, 9.17) is 0 Å². The number of carbonyl (C=O) groups is 2. The zero-order valence-corrected chi connectivity index (χ0v) is 16.2. The fraction of sp³-hybridized carbons (Fsp3) is 0.409. The number of carbonyl (C=O) groups excluding carboxylic acids is 2. The summed E-state index contributed by atoms with van der Waals surface area (Å²) < 4.78 is 0. The van der Waals surface area contributed by atoms with Crippen molar-refractivity contribution in [3.63, 3.8) is 0 Å². The molecule has 2 aromatic rings. The number of hydrogen-bond acceptors (Lipinski definition) is 4. The second-order valence-corrected chi connectivity index (χ2v) is 8.51. The van der Waals surface area contributed by atoms with Gasteiger partial charge in [0.2, 0.25) is 0 Å². The van der Waals surface area contributed by atoms with Crippen molar-refractivity contribution in [2.75, 3.05) is 19.6 Å². The van der Waals surface area contributed by atoms with Crippen LogP contribution in [0.15, 0.2) is 41.2 Å². The minimum Gasteiger partial charge on any atom is -0.335 e. The van der Waals surface area contributed by atoms with Gasteiger partial charge in [0.25, 0.3) is 11.5 Å². The Morgan fingerprint density at radius 3 is 2.64 bits per heavy atom. The van der Waals surface area contributed by atoms with Crippen molar-refractivity contribution < 1.29 is 9.59 Å². The van der Waals surface area contributed by atoms with Crippen molar-refractivity contribution in [3.8, 4) is 0 Å². The molecule has 4 rings (SSSR count). The lowest BCUT2D eigenvalue weighted by Crippen LogP contribution is -2.49. The van der Waals surface area contributed by atoms with Crippen molar-refractivity contribution in [1.29, 1.82) is 0 Å². The van der Waals surface area contributed by atoms with Gasteiger partial charge >= 0.3 is 0 Å². The largest absolute Gasteiger partial charge is 0.335 e. The monoisotopic (exact) mass is 379 g/mol. The number of piperazine rings is 1. The van der Waals surface area contributed by atoms with Crippen LogP contribution in [0.25, 0.3) is 0 Å². The van der Waals surface area contributed by atoms with E-state index in [2.05, 4.69) is 10.3 Å². The predicted molar refractivity (Wildman–Crippen MR) is 107 cm³/mol. The maximum Gasteiger partial charge on any atom is 0.261 e. The second kappa shape index (κ2) is 7.02. The van der Waals surface area contributed by atoms with Crippen LogP contribution in [0.1, 0.15) is 58.3 Å². The molecule has 146 valence electrons. The quantitative estimate of drug-likeness (QED) is 0.839. The third-order valence-electron chi connectivity index (χ3n) is 5.61. The van der Waals surface area contributed by atoms with Gasteiger partial charge in [-0.25, -0.2) is 0 Å². The van der Waals surface area contributed by atoms with Gasteiger partial charge in [-0.2, -0.15) is 0 Å². The van der Waals surface area contributed by atoms with Crippen LogP contribution in [-0.4, -0.2) is 41.2 Å². The molecule has 1 fully saturated rings. The standard InChI is InChI=1S/C22H25N3O3/c1-22(2)11-17-15(19(26)12-22)10-16(20(27)24-17)21(28)25-9-8-23-18(13-25)14-6-4-3-5-7-14/h3-7,10,18,23H,8-9,11-13H2,1-2H3,(H,24,27). The minimum absolute atomic E-state index is 0.0148. The SMILES string of the molecule is CC1(C)CC(=O)c2cc(C(=O)N3CCNC(c4ccccc4)C3)c(=O)[nH]c2C1. The number of benzene rings is 1. The van der Waals surface area contributed by atoms with Gasteiger partial charge in [-0.1, -0.05) is 44.2 Å². The number of aromatic amines is 1. The van der Waals surface area contributed by atoms with Gasteiger partial charge in [0.05, 0.1) is 0 Å². The molecule has 0 saturated carbocycles. The van der Waals surface area contributed by atoms with E-state index >= 15 is 0 Å². The number of aromatic nitrogens is 1. The zero-order chi connectivity index (χ0) is 19.9. The van der Waals surface area contributed by atoms with Gasteiger partial charge in [0.15, 0.2) is 5.78 Å². The lowest BCUT2D eigenvalue weighted by Gasteiger charge is -2.34. The van der Waals surface area contributed by atoms with E-state index in [0.29, 0.717) is 43.7 Å². The third kappa shape index (κ3) is 3.52. The first-order chi connectivity index (χ1) is 13.3. The lowest BCUT2D eigenvalue weighted by atomic mass is 9.75. The van der Waals surface area contributed by atoms with E-state index in [9.17, 15) is 14.4 Å². The zero-order valence-electron chi connectivity index (χ0n) is 16.2. The molecule has 1 atom stereocenters. The highest BCUT2D eigenvalue weighted by Crippen LogP contribution is 2.33. The molecule has 2 aliphatic rings. The van der Waals surface area contributed by atoms with Crippen molar-refractivity contribution in [2.45, 2.75) is 32.7 Å². The molecule has 2 N–H and O–H groups in total. The number of hydrogen-bond donors (Lipinski definition) is 2. The Balaban J connectivity index is 1.61. The first-order valence-electron chi connectivity index (χ1n) is 9.71. The number of Topliss-reactive ketones (excluding diaryl/α,β-unsaturated/α-hetero) is 1. The average Bonchev–Trinajstić information content (AvgIpc) is 2.67.